The molecule has 1 rings (SSSR count). The van der Waals surface area contributed by atoms with E-state index in [0.29, 0.717) is 0 Å². The van der Waals surface area contributed by atoms with Crippen LogP contribution >= 0.6 is 0 Å². The average molecular weight is 186 g/mol. The maximum atomic E-state index is 2.37. The fraction of sp³-hybridized carbons (Fsp3) is 1.00. The second kappa shape index (κ2) is 10.1. The van der Waals surface area contributed by atoms with E-state index in [2.05, 4.69) is 20.8 Å². The van der Waals surface area contributed by atoms with Crippen molar-refractivity contribution < 1.29 is 0 Å². The summed E-state index contributed by atoms with van der Waals surface area (Å²) < 4.78 is 0. The number of rotatable bonds is 3. The van der Waals surface area contributed by atoms with Gasteiger partial charge >= 0.3 is 0 Å². The number of hydrogen-bond donors (Lipinski definition) is 0. The average Bonchev–Trinajstić information content (AvgIpc) is 2.88. The Labute approximate surface area is 86.1 Å². The number of hydrogen-bond acceptors (Lipinski definition) is 0. The minimum atomic E-state index is 0.972. The first kappa shape index (κ1) is 15.5. The lowest BCUT2D eigenvalue weighted by Crippen LogP contribution is -1.93. The van der Waals surface area contributed by atoms with Crippen molar-refractivity contribution in [2.45, 2.75) is 67.7 Å². The van der Waals surface area contributed by atoms with Crippen molar-refractivity contribution in [3.63, 3.8) is 0 Å². The van der Waals surface area contributed by atoms with Gasteiger partial charge in [-0.15, -0.1) is 0 Å². The second-order valence-corrected chi connectivity index (χ2v) is 3.72. The molecular weight excluding hydrogens is 156 g/mol. The van der Waals surface area contributed by atoms with Crippen LogP contribution < -0.4 is 0 Å². The van der Waals surface area contributed by atoms with Gasteiger partial charge in [-0.1, -0.05) is 54.9 Å². The van der Waals surface area contributed by atoms with Crippen LogP contribution in [0.5, 0.6) is 0 Å². The molecule has 0 spiro atoms. The van der Waals surface area contributed by atoms with Crippen molar-refractivity contribution >= 4 is 0 Å². The van der Waals surface area contributed by atoms with Crippen LogP contribution in [-0.2, 0) is 0 Å². The molecule has 0 saturated heterocycles. The van der Waals surface area contributed by atoms with Gasteiger partial charge in [-0.3, -0.25) is 0 Å². The molecule has 0 amide bonds. The lowest BCUT2D eigenvalue weighted by atomic mass is 10.0. The van der Waals surface area contributed by atoms with Crippen molar-refractivity contribution in [1.82, 2.24) is 0 Å². The summed E-state index contributed by atoms with van der Waals surface area (Å²) >= 11 is 0. The first-order valence-corrected chi connectivity index (χ1v) is 6.24. The Hall–Kier alpha value is 0. The molecule has 0 aromatic heterocycles. The van der Waals surface area contributed by atoms with E-state index in [1.54, 1.807) is 0 Å². The maximum absolute atomic E-state index is 2.37. The van der Waals surface area contributed by atoms with Crippen LogP contribution in [0, 0.1) is 17.8 Å². The minimum absolute atomic E-state index is 0.972. The molecule has 0 nitrogen and oxygen atoms in total. The minimum Gasteiger partial charge on any atom is -0.0683 e. The molecule has 0 aromatic rings. The van der Waals surface area contributed by atoms with E-state index >= 15 is 0 Å². The van der Waals surface area contributed by atoms with Gasteiger partial charge in [0.05, 0.1) is 0 Å². The lowest BCUT2D eigenvalue weighted by Gasteiger charge is -2.05. The Balaban J connectivity index is 0. The van der Waals surface area contributed by atoms with E-state index in [4.69, 9.17) is 0 Å². The molecule has 0 heterocycles. The smallest absolute Gasteiger partial charge is 0.0383 e. The summed E-state index contributed by atoms with van der Waals surface area (Å²) in [6.07, 6.45) is 4.35. The molecule has 13 heavy (non-hydrogen) atoms. The Kier molecular flexibility index (Phi) is 12.0. The van der Waals surface area contributed by atoms with Crippen LogP contribution in [0.15, 0.2) is 0 Å². The molecule has 82 valence electrons. The molecule has 0 N–H and O–H groups in total. The first-order valence-electron chi connectivity index (χ1n) is 6.24. The summed E-state index contributed by atoms with van der Waals surface area (Å²) in [6, 6.07) is 0. The third-order valence-corrected chi connectivity index (χ3v) is 2.68. The molecule has 0 aromatic carbocycles. The first-order chi connectivity index (χ1) is 6.24. The van der Waals surface area contributed by atoms with Crippen LogP contribution in [0.25, 0.3) is 0 Å². The van der Waals surface area contributed by atoms with Gasteiger partial charge in [0.1, 0.15) is 0 Å². The van der Waals surface area contributed by atoms with Crippen LogP contribution in [0.1, 0.15) is 67.7 Å². The normalized spacial score (nSPS) is 26.1. The molecule has 1 fully saturated rings. The fourth-order valence-electron chi connectivity index (χ4n) is 1.41. The highest BCUT2D eigenvalue weighted by Gasteiger charge is 2.32. The summed E-state index contributed by atoms with van der Waals surface area (Å²) in [5.41, 5.74) is 0. The highest BCUT2D eigenvalue weighted by Crippen LogP contribution is 2.42. The van der Waals surface area contributed by atoms with Crippen LogP contribution in [0.4, 0.5) is 0 Å². The quantitative estimate of drug-likeness (QED) is 0.573. The van der Waals surface area contributed by atoms with E-state index in [-0.39, 0.29) is 0 Å². The predicted octanol–water partition coefficient (Wildman–Crippen LogP) is 5.13. The van der Waals surface area contributed by atoms with Gasteiger partial charge < -0.3 is 0 Å². The highest BCUT2D eigenvalue weighted by atomic mass is 14.4. The SMILES string of the molecule is CC.CC.CCC(C)CC1CC1C. The van der Waals surface area contributed by atoms with Crippen LogP contribution in [-0.4, -0.2) is 0 Å². The molecule has 1 aliphatic carbocycles. The fourth-order valence-corrected chi connectivity index (χ4v) is 1.41. The largest absolute Gasteiger partial charge is 0.0683 e. The molecule has 0 aliphatic heterocycles. The van der Waals surface area contributed by atoms with E-state index in [0.717, 1.165) is 17.8 Å². The van der Waals surface area contributed by atoms with Crippen molar-refractivity contribution in [3.05, 3.63) is 0 Å². The standard InChI is InChI=1S/C9H18.2C2H6/c1-4-7(2)5-9-6-8(9)3;2*1-2/h7-9H,4-6H2,1-3H3;2*1-2H3. The van der Waals surface area contributed by atoms with Gasteiger partial charge in [-0.25, -0.2) is 0 Å². The molecule has 0 bridgehead atoms. The van der Waals surface area contributed by atoms with Crippen LogP contribution in [0.2, 0.25) is 0 Å². The van der Waals surface area contributed by atoms with E-state index < -0.39 is 0 Å². The lowest BCUT2D eigenvalue weighted by molar-refractivity contribution is 0.469. The molecular formula is C13H30. The highest BCUT2D eigenvalue weighted by molar-refractivity contribution is 4.83. The molecule has 0 heteroatoms. The van der Waals surface area contributed by atoms with Crippen molar-refractivity contribution in [3.8, 4) is 0 Å². The third-order valence-electron chi connectivity index (χ3n) is 2.68. The van der Waals surface area contributed by atoms with Gasteiger partial charge in [0, 0.05) is 0 Å². The topological polar surface area (TPSA) is 0 Å². The van der Waals surface area contributed by atoms with Crippen molar-refractivity contribution in [1.29, 1.82) is 0 Å². The van der Waals surface area contributed by atoms with Gasteiger partial charge in [0.2, 0.25) is 0 Å². The summed E-state index contributed by atoms with van der Waals surface area (Å²) in [4.78, 5) is 0. The Morgan fingerprint density at radius 3 is 1.77 bits per heavy atom. The Morgan fingerprint density at radius 2 is 1.54 bits per heavy atom. The zero-order valence-corrected chi connectivity index (χ0v) is 10.9. The molecule has 1 aliphatic rings. The summed E-state index contributed by atoms with van der Waals surface area (Å²) in [7, 11) is 0. The monoisotopic (exact) mass is 186 g/mol. The van der Waals surface area contributed by atoms with Crippen molar-refractivity contribution in [2.75, 3.05) is 0 Å². The van der Waals surface area contributed by atoms with E-state index in [9.17, 15) is 0 Å². The molecule has 3 atom stereocenters. The van der Waals surface area contributed by atoms with E-state index in [1.165, 1.54) is 19.3 Å². The van der Waals surface area contributed by atoms with Gasteiger partial charge in [0.25, 0.3) is 0 Å². The van der Waals surface area contributed by atoms with Crippen LogP contribution in [0.3, 0.4) is 0 Å². The zero-order chi connectivity index (χ0) is 10.9. The van der Waals surface area contributed by atoms with Gasteiger partial charge in [0.15, 0.2) is 0 Å². The van der Waals surface area contributed by atoms with Gasteiger partial charge in [-0.2, -0.15) is 0 Å². The predicted molar refractivity (Wildman–Crippen MR) is 64.0 cm³/mol. The van der Waals surface area contributed by atoms with E-state index in [1.807, 2.05) is 27.7 Å². The Bertz CT molecular complexity index is 84.0. The molecule has 1 saturated carbocycles. The molecule has 3 unspecified atom stereocenters. The zero-order valence-electron chi connectivity index (χ0n) is 10.9. The summed E-state index contributed by atoms with van der Waals surface area (Å²) in [6.45, 7) is 15.0. The Morgan fingerprint density at radius 1 is 1.15 bits per heavy atom. The summed E-state index contributed by atoms with van der Waals surface area (Å²) in [5, 5.41) is 0. The summed E-state index contributed by atoms with van der Waals surface area (Å²) in [5.74, 6) is 3.12. The molecule has 0 radical (unpaired) electrons. The van der Waals surface area contributed by atoms with Gasteiger partial charge in [-0.05, 0) is 30.6 Å². The van der Waals surface area contributed by atoms with Crippen molar-refractivity contribution in [2.24, 2.45) is 17.8 Å². The second-order valence-electron chi connectivity index (χ2n) is 3.72. The third kappa shape index (κ3) is 8.33. The maximum Gasteiger partial charge on any atom is -0.0383 e.